The summed E-state index contributed by atoms with van der Waals surface area (Å²) < 4.78 is 50.5. The van der Waals surface area contributed by atoms with Crippen molar-refractivity contribution in [3.05, 3.63) is 47.0 Å². The van der Waals surface area contributed by atoms with Gasteiger partial charge < -0.3 is 14.5 Å². The Bertz CT molecular complexity index is 1250. The van der Waals surface area contributed by atoms with Crippen LogP contribution in [0.1, 0.15) is 34.5 Å². The molecule has 0 radical (unpaired) electrons. The Hall–Kier alpha value is -2.98. The van der Waals surface area contributed by atoms with E-state index in [1.165, 1.54) is 11.4 Å². The van der Waals surface area contributed by atoms with Gasteiger partial charge in [-0.05, 0) is 18.6 Å². The second-order valence-corrected chi connectivity index (χ2v) is 9.22. The Morgan fingerprint density at radius 3 is 2.65 bits per heavy atom. The number of halogens is 1. The Morgan fingerprint density at radius 2 is 2.03 bits per heavy atom. The standard InChI is InChI=1S/C21H22FN3O5S/c1-12-15-10-16-17(20(26)23-2)18(14-6-4-13(11-22)5-7-14)30-21(16)24-19(15)25(8-9-29-12)31(3,27)28/h4-7,10,12H,8-9,11H2,1-3H3,(H,23,26). The number of anilines is 1. The van der Waals surface area contributed by atoms with Gasteiger partial charge in [-0.3, -0.25) is 9.10 Å². The van der Waals surface area contributed by atoms with Crippen LogP contribution < -0.4 is 9.62 Å². The number of alkyl halides is 1. The van der Waals surface area contributed by atoms with Crippen LogP contribution in [0.15, 0.2) is 34.7 Å². The summed E-state index contributed by atoms with van der Waals surface area (Å²) in [6, 6.07) is 8.25. The van der Waals surface area contributed by atoms with Crippen LogP contribution in [-0.2, 0) is 21.4 Å². The number of sulfonamides is 1. The van der Waals surface area contributed by atoms with Crippen LogP contribution in [0.3, 0.4) is 0 Å². The number of rotatable bonds is 4. The van der Waals surface area contributed by atoms with E-state index in [9.17, 15) is 17.6 Å². The first kappa shape index (κ1) is 21.3. The first-order valence-corrected chi connectivity index (χ1v) is 11.5. The molecule has 3 aromatic rings. The third kappa shape index (κ3) is 3.77. The molecule has 0 saturated carbocycles. The number of hydrogen-bond acceptors (Lipinski definition) is 6. The predicted octanol–water partition coefficient (Wildman–Crippen LogP) is 3.18. The number of carbonyl (C=O) groups is 1. The summed E-state index contributed by atoms with van der Waals surface area (Å²) in [5.41, 5.74) is 2.02. The van der Waals surface area contributed by atoms with Gasteiger partial charge in [-0.25, -0.2) is 12.8 Å². The van der Waals surface area contributed by atoms with Crippen molar-refractivity contribution in [2.45, 2.75) is 19.7 Å². The second kappa shape index (κ2) is 7.93. The largest absolute Gasteiger partial charge is 0.437 e. The van der Waals surface area contributed by atoms with Crippen molar-refractivity contribution in [3.8, 4) is 11.3 Å². The zero-order valence-corrected chi connectivity index (χ0v) is 18.1. The highest BCUT2D eigenvalue weighted by molar-refractivity contribution is 7.92. The van der Waals surface area contributed by atoms with Crippen molar-refractivity contribution in [1.82, 2.24) is 10.3 Å². The average Bonchev–Trinajstić information content (AvgIpc) is 3.03. The van der Waals surface area contributed by atoms with E-state index in [4.69, 9.17) is 9.15 Å². The van der Waals surface area contributed by atoms with Gasteiger partial charge in [0, 0.05) is 18.2 Å². The fourth-order valence-corrected chi connectivity index (χ4v) is 4.53. The molecule has 1 aliphatic heterocycles. The molecule has 0 bridgehead atoms. The van der Waals surface area contributed by atoms with Crippen LogP contribution in [0, 0.1) is 0 Å². The van der Waals surface area contributed by atoms with Gasteiger partial charge in [0.1, 0.15) is 12.4 Å². The highest BCUT2D eigenvalue weighted by Gasteiger charge is 2.31. The molecule has 1 amide bonds. The molecule has 0 saturated heterocycles. The average molecular weight is 447 g/mol. The molecule has 0 spiro atoms. The number of fused-ring (bicyclic) bond motifs is 2. The Kier molecular flexibility index (Phi) is 5.44. The molecule has 1 aliphatic rings. The molecule has 3 heterocycles. The third-order valence-corrected chi connectivity index (χ3v) is 6.41. The molecule has 1 unspecified atom stereocenters. The van der Waals surface area contributed by atoms with Crippen LogP contribution >= 0.6 is 0 Å². The molecule has 1 aromatic carbocycles. The molecule has 2 aromatic heterocycles. The summed E-state index contributed by atoms with van der Waals surface area (Å²) in [4.78, 5) is 17.2. The van der Waals surface area contributed by atoms with Crippen LogP contribution in [-0.4, -0.2) is 45.8 Å². The van der Waals surface area contributed by atoms with Crippen molar-refractivity contribution in [3.63, 3.8) is 0 Å². The number of furan rings is 1. The maximum atomic E-state index is 12.9. The summed E-state index contributed by atoms with van der Waals surface area (Å²) in [6.45, 7) is 1.53. The monoisotopic (exact) mass is 447 g/mol. The first-order chi connectivity index (χ1) is 14.7. The van der Waals surface area contributed by atoms with E-state index >= 15 is 0 Å². The maximum Gasteiger partial charge on any atom is 0.255 e. The molecule has 1 atom stereocenters. The van der Waals surface area contributed by atoms with E-state index in [2.05, 4.69) is 10.3 Å². The molecule has 0 fully saturated rings. The second-order valence-electron chi connectivity index (χ2n) is 7.32. The normalized spacial score (nSPS) is 16.8. The molecule has 10 heteroatoms. The summed E-state index contributed by atoms with van der Waals surface area (Å²) >= 11 is 0. The molecule has 0 aliphatic carbocycles. The van der Waals surface area contributed by atoms with Crippen molar-refractivity contribution in [1.29, 1.82) is 0 Å². The van der Waals surface area contributed by atoms with Gasteiger partial charge in [-0.15, -0.1) is 0 Å². The SMILES string of the molecule is CNC(=O)c1c(-c2ccc(CF)cc2)oc2nc3c(cc12)C(C)OCCN3S(C)(=O)=O. The lowest BCUT2D eigenvalue weighted by molar-refractivity contribution is 0.0769. The quantitative estimate of drug-likeness (QED) is 0.659. The molecule has 31 heavy (non-hydrogen) atoms. The van der Waals surface area contributed by atoms with E-state index in [1.807, 2.05) is 0 Å². The van der Waals surface area contributed by atoms with Crippen LogP contribution in [0.5, 0.6) is 0 Å². The fourth-order valence-electron chi connectivity index (χ4n) is 3.66. The highest BCUT2D eigenvalue weighted by Crippen LogP contribution is 2.39. The summed E-state index contributed by atoms with van der Waals surface area (Å²) in [5.74, 6) is 0.107. The summed E-state index contributed by atoms with van der Waals surface area (Å²) in [6.07, 6.45) is 0.674. The third-order valence-electron chi connectivity index (χ3n) is 5.25. The van der Waals surface area contributed by atoms with Crippen LogP contribution in [0.2, 0.25) is 0 Å². The number of amides is 1. The van der Waals surface area contributed by atoms with Crippen molar-refractivity contribution in [2.24, 2.45) is 0 Å². The maximum absolute atomic E-state index is 12.9. The zero-order valence-electron chi connectivity index (χ0n) is 17.3. The van der Waals surface area contributed by atoms with Crippen LogP contribution in [0.25, 0.3) is 22.4 Å². The van der Waals surface area contributed by atoms with Gasteiger partial charge in [-0.2, -0.15) is 4.98 Å². The first-order valence-electron chi connectivity index (χ1n) is 9.68. The van der Waals surface area contributed by atoms with Crippen molar-refractivity contribution >= 4 is 32.8 Å². The minimum Gasteiger partial charge on any atom is -0.437 e. The Balaban J connectivity index is 2.00. The van der Waals surface area contributed by atoms with Crippen molar-refractivity contribution < 1.29 is 26.8 Å². The summed E-state index contributed by atoms with van der Waals surface area (Å²) in [5, 5.41) is 3.04. The molecule has 4 rings (SSSR count). The molecule has 8 nitrogen and oxygen atoms in total. The Morgan fingerprint density at radius 1 is 1.32 bits per heavy atom. The number of carbonyl (C=O) groups excluding carboxylic acids is 1. The Labute approximate surface area is 179 Å². The lowest BCUT2D eigenvalue weighted by atomic mass is 10.0. The van der Waals surface area contributed by atoms with Crippen LogP contribution in [0.4, 0.5) is 10.2 Å². The lowest BCUT2D eigenvalue weighted by Crippen LogP contribution is -2.32. The van der Waals surface area contributed by atoms with E-state index in [-0.39, 0.29) is 41.9 Å². The van der Waals surface area contributed by atoms with Gasteiger partial charge in [0.25, 0.3) is 5.91 Å². The number of pyridine rings is 1. The van der Waals surface area contributed by atoms with Gasteiger partial charge in [0.05, 0.1) is 36.5 Å². The van der Waals surface area contributed by atoms with Crippen molar-refractivity contribution in [2.75, 3.05) is 30.8 Å². The van der Waals surface area contributed by atoms with E-state index in [0.29, 0.717) is 22.1 Å². The molecular formula is C21H22FN3O5S. The number of nitrogens with zero attached hydrogens (tertiary/aromatic N) is 2. The fraction of sp³-hybridized carbons (Fsp3) is 0.333. The van der Waals surface area contributed by atoms with Gasteiger partial charge in [0.15, 0.2) is 5.82 Å². The molecule has 164 valence electrons. The van der Waals surface area contributed by atoms with Gasteiger partial charge in [0.2, 0.25) is 15.7 Å². The number of benzene rings is 1. The minimum absolute atomic E-state index is 0.120. The number of aromatic nitrogens is 1. The van der Waals surface area contributed by atoms with Gasteiger partial charge in [-0.1, -0.05) is 24.3 Å². The topological polar surface area (TPSA) is 102 Å². The van der Waals surface area contributed by atoms with E-state index in [0.717, 1.165) is 6.26 Å². The minimum atomic E-state index is -3.60. The highest BCUT2D eigenvalue weighted by atomic mass is 32.2. The number of ether oxygens (including phenoxy) is 1. The smallest absolute Gasteiger partial charge is 0.255 e. The predicted molar refractivity (Wildman–Crippen MR) is 114 cm³/mol. The molecular weight excluding hydrogens is 425 g/mol. The van der Waals surface area contributed by atoms with E-state index in [1.54, 1.807) is 37.3 Å². The molecule has 1 N–H and O–H groups in total. The van der Waals surface area contributed by atoms with Gasteiger partial charge >= 0.3 is 0 Å². The lowest BCUT2D eigenvalue weighted by Gasteiger charge is -2.20. The number of nitrogens with one attached hydrogen (secondary N) is 1. The summed E-state index contributed by atoms with van der Waals surface area (Å²) in [7, 11) is -2.10. The number of hydrogen-bond donors (Lipinski definition) is 1. The zero-order chi connectivity index (χ0) is 22.3. The van der Waals surface area contributed by atoms with E-state index < -0.39 is 22.8 Å².